The predicted octanol–water partition coefficient (Wildman–Crippen LogP) is 4.89. The Morgan fingerprint density at radius 2 is 1.46 bits per heavy atom. The van der Waals surface area contributed by atoms with Crippen molar-refractivity contribution in [3.63, 3.8) is 0 Å². The number of ketones is 1. The molecular formula is C40H46N8O8. The maximum Gasteiger partial charge on any atom is 0.407 e. The Hall–Kier alpha value is -6.19. The summed E-state index contributed by atoms with van der Waals surface area (Å²) in [7, 11) is 2.52. The Balaban J connectivity index is 0.998. The molecule has 4 atom stereocenters. The predicted molar refractivity (Wildman–Crippen MR) is 203 cm³/mol. The van der Waals surface area contributed by atoms with Gasteiger partial charge in [0.05, 0.1) is 61.6 Å². The van der Waals surface area contributed by atoms with Gasteiger partial charge >= 0.3 is 12.2 Å². The summed E-state index contributed by atoms with van der Waals surface area (Å²) in [4.78, 5) is 82.9. The number of fused-ring (bicyclic) bond motifs is 1. The zero-order valence-corrected chi connectivity index (χ0v) is 31.8. The fourth-order valence-corrected chi connectivity index (χ4v) is 7.76. The first-order valence-corrected chi connectivity index (χ1v) is 18.8. The molecule has 7 rings (SSSR count). The van der Waals surface area contributed by atoms with Gasteiger partial charge in [-0.05, 0) is 54.9 Å². The highest BCUT2D eigenvalue weighted by Crippen LogP contribution is 2.38. The number of hydrogen-bond donors (Lipinski definition) is 4. The van der Waals surface area contributed by atoms with E-state index in [1.165, 1.54) is 14.2 Å². The van der Waals surface area contributed by atoms with Crippen LogP contribution in [0.1, 0.15) is 85.1 Å². The molecule has 2 aromatic carbocycles. The fourth-order valence-electron chi connectivity index (χ4n) is 7.76. The van der Waals surface area contributed by atoms with Crippen LogP contribution in [-0.2, 0) is 19.1 Å². The number of alkyl carbamates (subject to hydrolysis) is 2. The molecule has 4 N–H and O–H groups in total. The van der Waals surface area contributed by atoms with Gasteiger partial charge in [0.25, 0.3) is 0 Å². The zero-order valence-electron chi connectivity index (χ0n) is 31.8. The molecular weight excluding hydrogens is 720 g/mol. The number of aromatic nitrogens is 4. The lowest BCUT2D eigenvalue weighted by molar-refractivity contribution is -0.135. The van der Waals surface area contributed by atoms with E-state index in [9.17, 15) is 24.0 Å². The molecule has 56 heavy (non-hydrogen) atoms. The first-order valence-electron chi connectivity index (χ1n) is 18.8. The molecule has 2 saturated heterocycles. The number of ether oxygens (including phenoxy) is 3. The number of likely N-dealkylation sites (tertiary alicyclic amines) is 2. The molecule has 0 bridgehead atoms. The molecule has 16 nitrogen and oxygen atoms in total. The van der Waals surface area contributed by atoms with Crippen LogP contribution in [0.2, 0.25) is 0 Å². The number of H-pyrrole nitrogens is 2. The second-order valence-electron chi connectivity index (χ2n) is 14.6. The van der Waals surface area contributed by atoms with Crippen LogP contribution in [0, 0.1) is 5.92 Å². The minimum Gasteiger partial charge on any atom is -0.492 e. The third-order valence-electron chi connectivity index (χ3n) is 10.8. The van der Waals surface area contributed by atoms with Crippen LogP contribution < -0.4 is 15.4 Å². The van der Waals surface area contributed by atoms with Crippen molar-refractivity contribution in [1.29, 1.82) is 0 Å². The Morgan fingerprint density at radius 3 is 2.11 bits per heavy atom. The zero-order chi connectivity index (χ0) is 39.5. The Kier molecular flexibility index (Phi) is 11.1. The molecule has 4 aromatic rings. The Labute approximate surface area is 323 Å². The first kappa shape index (κ1) is 38.1. The number of imidazole rings is 2. The summed E-state index contributed by atoms with van der Waals surface area (Å²) in [6, 6.07) is 12.0. The van der Waals surface area contributed by atoms with E-state index in [2.05, 4.69) is 35.3 Å². The number of carbonyl (C=O) groups excluding carboxylic acids is 5. The van der Waals surface area contributed by atoms with E-state index in [0.717, 1.165) is 53.8 Å². The summed E-state index contributed by atoms with van der Waals surface area (Å²) < 4.78 is 15.5. The minimum absolute atomic E-state index is 0.0345. The van der Waals surface area contributed by atoms with Crippen LogP contribution in [0.15, 0.2) is 54.9 Å². The summed E-state index contributed by atoms with van der Waals surface area (Å²) in [5.41, 5.74) is 4.51. The number of carbonyl (C=O) groups is 5. The third kappa shape index (κ3) is 7.68. The SMILES string of the molecule is COC(=O)NCC(=O)N1CCC[C@H]1c1ncc(-c2ccc3c(c2)OCC(c2ccc(-c4cnc([C@@H]5CCCN5C(=O)[C@@H](NC(=O)OC)C(C)C)[nH]4)cc2)C3=O)[nH]1. The molecule has 3 aliphatic heterocycles. The number of Topliss-reactive ketones (excluding diaryl/α,β-unsaturated/α-hetero) is 1. The number of nitrogens with zero attached hydrogens (tertiary/aromatic N) is 4. The lowest BCUT2D eigenvalue weighted by Gasteiger charge is -2.30. The van der Waals surface area contributed by atoms with Crippen molar-refractivity contribution in [1.82, 2.24) is 40.4 Å². The van der Waals surface area contributed by atoms with E-state index in [-0.39, 0.29) is 48.8 Å². The molecule has 0 saturated carbocycles. The van der Waals surface area contributed by atoms with Gasteiger partial charge in [-0.3, -0.25) is 14.4 Å². The second-order valence-corrected chi connectivity index (χ2v) is 14.6. The van der Waals surface area contributed by atoms with Gasteiger partial charge < -0.3 is 44.6 Å². The van der Waals surface area contributed by atoms with Crippen LogP contribution in [0.25, 0.3) is 22.5 Å². The first-order chi connectivity index (χ1) is 27.1. The summed E-state index contributed by atoms with van der Waals surface area (Å²) in [5.74, 6) is 0.784. The fraction of sp³-hybridized carbons (Fsp3) is 0.425. The molecule has 3 aliphatic rings. The maximum atomic E-state index is 13.8. The number of rotatable bonds is 10. The quantitative estimate of drug-likeness (QED) is 0.172. The third-order valence-corrected chi connectivity index (χ3v) is 10.8. The van der Waals surface area contributed by atoms with Gasteiger partial charge in [0.2, 0.25) is 11.8 Å². The highest BCUT2D eigenvalue weighted by Gasteiger charge is 2.38. The van der Waals surface area contributed by atoms with E-state index in [4.69, 9.17) is 9.47 Å². The topological polar surface area (TPSA) is 201 Å². The van der Waals surface area contributed by atoms with E-state index in [1.54, 1.807) is 28.3 Å². The molecule has 4 amide bonds. The van der Waals surface area contributed by atoms with Crippen LogP contribution >= 0.6 is 0 Å². The number of methoxy groups -OCH3 is 2. The highest BCUT2D eigenvalue weighted by atomic mass is 16.5. The molecule has 2 aromatic heterocycles. The van der Waals surface area contributed by atoms with Gasteiger partial charge in [0, 0.05) is 18.7 Å². The number of nitrogens with one attached hydrogen (secondary N) is 4. The maximum absolute atomic E-state index is 13.8. The number of benzene rings is 2. The van der Waals surface area contributed by atoms with Gasteiger partial charge in [-0.25, -0.2) is 19.6 Å². The van der Waals surface area contributed by atoms with Gasteiger partial charge in [-0.15, -0.1) is 0 Å². The van der Waals surface area contributed by atoms with Crippen molar-refractivity contribution in [2.45, 2.75) is 63.6 Å². The molecule has 16 heteroatoms. The Morgan fingerprint density at radius 1 is 0.857 bits per heavy atom. The summed E-state index contributed by atoms with van der Waals surface area (Å²) in [6.07, 6.45) is 5.27. The van der Waals surface area contributed by atoms with Crippen LogP contribution in [0.4, 0.5) is 9.59 Å². The van der Waals surface area contributed by atoms with Gasteiger partial charge in [0.15, 0.2) is 5.78 Å². The van der Waals surface area contributed by atoms with Crippen LogP contribution in [0.5, 0.6) is 5.75 Å². The van der Waals surface area contributed by atoms with E-state index in [1.807, 2.05) is 50.2 Å². The number of hydrogen-bond acceptors (Lipinski definition) is 10. The summed E-state index contributed by atoms with van der Waals surface area (Å²) in [6.45, 7) is 4.91. The molecule has 1 unspecified atom stereocenters. The average Bonchev–Trinajstić information content (AvgIpc) is 4.05. The van der Waals surface area contributed by atoms with Crippen LogP contribution in [-0.4, -0.2) is 106 Å². The molecule has 5 heterocycles. The number of aromatic amines is 2. The Bertz CT molecular complexity index is 2110. The van der Waals surface area contributed by atoms with Crippen molar-refractivity contribution in [3.8, 4) is 28.3 Å². The van der Waals surface area contributed by atoms with Crippen molar-refractivity contribution in [3.05, 3.63) is 77.6 Å². The number of amides is 4. The summed E-state index contributed by atoms with van der Waals surface area (Å²) in [5, 5.41) is 5.12. The lowest BCUT2D eigenvalue weighted by Crippen LogP contribution is -2.51. The minimum atomic E-state index is -0.714. The smallest absolute Gasteiger partial charge is 0.407 e. The van der Waals surface area contributed by atoms with Crippen molar-refractivity contribution in [2.75, 3.05) is 40.5 Å². The van der Waals surface area contributed by atoms with Crippen molar-refractivity contribution < 1.29 is 38.2 Å². The molecule has 2 fully saturated rings. The molecule has 0 spiro atoms. The standard InChI is InChI=1S/C40H46N8O8/c1-22(2)34(46-40(53)55-4)38(51)48-16-6-8-31(48)37-41-18-28(44-37)24-11-9-23(10-12-24)27-21-56-32-17-25(13-14-26(32)35(27)50)29-19-42-36(45-29)30-7-5-15-47(30)33(49)20-43-39(52)54-3/h9-14,17-19,22,27,30-31,34H,5-8,15-16,20-21H2,1-4H3,(H,41,44)(H,42,45)(H,43,52)(H,46,53)/t27?,30-,31-,34-/m0/s1. The normalized spacial score (nSPS) is 19.7. The molecule has 0 radical (unpaired) electrons. The van der Waals surface area contributed by atoms with Crippen molar-refractivity contribution >= 4 is 29.8 Å². The molecule has 294 valence electrons. The van der Waals surface area contributed by atoms with Crippen LogP contribution in [0.3, 0.4) is 0 Å². The van der Waals surface area contributed by atoms with Gasteiger partial charge in [-0.2, -0.15) is 0 Å². The monoisotopic (exact) mass is 766 g/mol. The average molecular weight is 767 g/mol. The highest BCUT2D eigenvalue weighted by molar-refractivity contribution is 6.04. The van der Waals surface area contributed by atoms with Gasteiger partial charge in [-0.1, -0.05) is 44.2 Å². The van der Waals surface area contributed by atoms with Crippen molar-refractivity contribution in [2.24, 2.45) is 5.92 Å². The van der Waals surface area contributed by atoms with E-state index in [0.29, 0.717) is 36.1 Å². The largest absolute Gasteiger partial charge is 0.492 e. The molecule has 0 aliphatic carbocycles. The summed E-state index contributed by atoms with van der Waals surface area (Å²) >= 11 is 0. The van der Waals surface area contributed by atoms with E-state index < -0.39 is 24.1 Å². The lowest BCUT2D eigenvalue weighted by atomic mass is 9.88. The van der Waals surface area contributed by atoms with Gasteiger partial charge in [0.1, 0.15) is 36.6 Å². The second kappa shape index (κ2) is 16.3. The van der Waals surface area contributed by atoms with E-state index >= 15 is 0 Å².